The summed E-state index contributed by atoms with van der Waals surface area (Å²) in [6.07, 6.45) is 3.70. The predicted octanol–water partition coefficient (Wildman–Crippen LogP) is 3.38. The number of carboxylic acid groups (broad SMARTS) is 1. The number of nitrogens with zero attached hydrogens (tertiary/aromatic N) is 1. The van der Waals surface area contributed by atoms with Gasteiger partial charge < -0.3 is 10.0 Å². The number of rotatable bonds is 7. The Morgan fingerprint density at radius 3 is 2.71 bits per heavy atom. The van der Waals surface area contributed by atoms with E-state index in [1.807, 2.05) is 6.92 Å². The molecule has 0 saturated carbocycles. The Kier molecular flexibility index (Phi) is 5.65. The van der Waals surface area contributed by atoms with E-state index in [9.17, 15) is 4.79 Å². The second-order valence-corrected chi connectivity index (χ2v) is 5.70. The van der Waals surface area contributed by atoms with Crippen LogP contribution in [0, 0.1) is 6.92 Å². The lowest BCUT2D eigenvalue weighted by molar-refractivity contribution is 0.0702. The summed E-state index contributed by atoms with van der Waals surface area (Å²) in [5, 5.41) is 8.93. The van der Waals surface area contributed by atoms with Gasteiger partial charge in [0.15, 0.2) is 0 Å². The van der Waals surface area contributed by atoms with Gasteiger partial charge in [0.1, 0.15) is 4.88 Å². The highest BCUT2D eigenvalue weighted by atomic mass is 32.1. The van der Waals surface area contributed by atoms with E-state index < -0.39 is 5.97 Å². The fraction of sp³-hybridized carbons (Fsp3) is 0.615. The first-order chi connectivity index (χ1) is 8.04. The zero-order chi connectivity index (χ0) is 12.8. The summed E-state index contributed by atoms with van der Waals surface area (Å²) in [6.45, 7) is 6.11. The molecule has 96 valence electrons. The van der Waals surface area contributed by atoms with Gasteiger partial charge in [-0.3, -0.25) is 0 Å². The molecule has 0 radical (unpaired) electrons. The van der Waals surface area contributed by atoms with Gasteiger partial charge in [-0.15, -0.1) is 11.3 Å². The number of aryl methyl sites for hydroxylation is 1. The molecule has 0 aromatic carbocycles. The Bertz CT molecular complexity index is 373. The van der Waals surface area contributed by atoms with E-state index in [0.29, 0.717) is 4.88 Å². The first kappa shape index (κ1) is 14.2. The molecule has 0 bridgehead atoms. The van der Waals surface area contributed by atoms with E-state index in [2.05, 4.69) is 18.9 Å². The summed E-state index contributed by atoms with van der Waals surface area (Å²) in [4.78, 5) is 14.7. The van der Waals surface area contributed by atoms with Crippen LogP contribution in [0.5, 0.6) is 0 Å². The van der Waals surface area contributed by atoms with Gasteiger partial charge in [0.2, 0.25) is 0 Å². The molecule has 1 aromatic rings. The third-order valence-corrected chi connectivity index (χ3v) is 3.90. The average Bonchev–Trinajstić information content (AvgIpc) is 2.61. The van der Waals surface area contributed by atoms with E-state index in [4.69, 9.17) is 5.11 Å². The highest BCUT2D eigenvalue weighted by molar-refractivity contribution is 7.14. The summed E-state index contributed by atoms with van der Waals surface area (Å²) in [7, 11) is 2.09. The monoisotopic (exact) mass is 255 g/mol. The molecule has 1 heterocycles. The molecule has 1 rings (SSSR count). The number of aromatic carboxylic acids is 1. The first-order valence-corrected chi connectivity index (χ1v) is 6.87. The van der Waals surface area contributed by atoms with E-state index in [1.165, 1.54) is 30.6 Å². The predicted molar refractivity (Wildman–Crippen MR) is 71.9 cm³/mol. The molecule has 1 aromatic heterocycles. The summed E-state index contributed by atoms with van der Waals surface area (Å²) < 4.78 is 0. The molecule has 4 heteroatoms. The normalized spacial score (nSPS) is 11.1. The van der Waals surface area contributed by atoms with Gasteiger partial charge in [-0.25, -0.2) is 4.79 Å². The Morgan fingerprint density at radius 2 is 2.18 bits per heavy atom. The van der Waals surface area contributed by atoms with Crippen molar-refractivity contribution in [2.75, 3.05) is 13.6 Å². The molecule has 0 aliphatic heterocycles. The zero-order valence-electron chi connectivity index (χ0n) is 10.8. The second kappa shape index (κ2) is 6.77. The molecule has 0 amide bonds. The molecule has 3 nitrogen and oxygen atoms in total. The van der Waals surface area contributed by atoms with Gasteiger partial charge in [-0.05, 0) is 38.6 Å². The molecule has 0 saturated heterocycles. The van der Waals surface area contributed by atoms with Gasteiger partial charge in [-0.2, -0.15) is 0 Å². The fourth-order valence-electron chi connectivity index (χ4n) is 1.78. The van der Waals surface area contributed by atoms with E-state index in [-0.39, 0.29) is 0 Å². The van der Waals surface area contributed by atoms with Crippen molar-refractivity contribution < 1.29 is 9.90 Å². The van der Waals surface area contributed by atoms with Crippen LogP contribution in [0.4, 0.5) is 0 Å². The zero-order valence-corrected chi connectivity index (χ0v) is 11.6. The van der Waals surface area contributed by atoms with Gasteiger partial charge in [0, 0.05) is 11.4 Å². The molecular formula is C13H21NO2S. The molecule has 0 aliphatic carbocycles. The van der Waals surface area contributed by atoms with E-state index >= 15 is 0 Å². The molecular weight excluding hydrogens is 234 g/mol. The molecule has 17 heavy (non-hydrogen) atoms. The van der Waals surface area contributed by atoms with Gasteiger partial charge in [0.25, 0.3) is 0 Å². The summed E-state index contributed by atoms with van der Waals surface area (Å²) in [6, 6.07) is 1.80. The van der Waals surface area contributed by atoms with Crippen molar-refractivity contribution in [3.8, 4) is 0 Å². The third kappa shape index (κ3) is 4.48. The van der Waals surface area contributed by atoms with Crippen LogP contribution in [0.15, 0.2) is 6.07 Å². The Balaban J connectivity index is 2.52. The number of hydrogen-bond acceptors (Lipinski definition) is 3. The lowest BCUT2D eigenvalue weighted by Crippen LogP contribution is -2.19. The van der Waals surface area contributed by atoms with Crippen molar-refractivity contribution in [1.82, 2.24) is 4.90 Å². The fourth-order valence-corrected chi connectivity index (χ4v) is 2.66. The largest absolute Gasteiger partial charge is 0.477 e. The number of thiophene rings is 1. The van der Waals surface area contributed by atoms with Crippen LogP contribution < -0.4 is 0 Å². The van der Waals surface area contributed by atoms with E-state index in [1.54, 1.807) is 6.07 Å². The van der Waals surface area contributed by atoms with Gasteiger partial charge in [-0.1, -0.05) is 19.8 Å². The van der Waals surface area contributed by atoms with Gasteiger partial charge >= 0.3 is 5.97 Å². The van der Waals surface area contributed by atoms with Crippen LogP contribution in [-0.4, -0.2) is 29.6 Å². The molecule has 0 atom stereocenters. The topological polar surface area (TPSA) is 40.5 Å². The van der Waals surface area contributed by atoms with E-state index in [0.717, 1.165) is 23.5 Å². The van der Waals surface area contributed by atoms with Crippen LogP contribution in [0.1, 0.15) is 46.3 Å². The Labute approximate surface area is 107 Å². The minimum atomic E-state index is -0.821. The quantitative estimate of drug-likeness (QED) is 0.759. The maximum Gasteiger partial charge on any atom is 0.345 e. The Morgan fingerprint density at radius 1 is 1.47 bits per heavy atom. The number of carboxylic acids is 1. The second-order valence-electron chi connectivity index (χ2n) is 4.44. The van der Waals surface area contributed by atoms with Crippen molar-refractivity contribution in [3.63, 3.8) is 0 Å². The van der Waals surface area contributed by atoms with Crippen molar-refractivity contribution in [2.24, 2.45) is 0 Å². The highest BCUT2D eigenvalue weighted by Gasteiger charge is 2.12. The maximum atomic E-state index is 10.9. The first-order valence-electron chi connectivity index (χ1n) is 6.05. The van der Waals surface area contributed by atoms with Crippen LogP contribution in [0.25, 0.3) is 0 Å². The highest BCUT2D eigenvalue weighted by Crippen LogP contribution is 2.22. The van der Waals surface area contributed by atoms with Crippen molar-refractivity contribution in [1.29, 1.82) is 0 Å². The molecule has 0 spiro atoms. The summed E-state index contributed by atoms with van der Waals surface area (Å²) >= 11 is 1.37. The molecule has 0 unspecified atom stereocenters. The lowest BCUT2D eigenvalue weighted by Gasteiger charge is -2.15. The minimum Gasteiger partial charge on any atom is -0.477 e. The van der Waals surface area contributed by atoms with Gasteiger partial charge in [0.05, 0.1) is 0 Å². The molecule has 1 N–H and O–H groups in total. The van der Waals surface area contributed by atoms with Crippen LogP contribution in [-0.2, 0) is 6.54 Å². The minimum absolute atomic E-state index is 0.444. The average molecular weight is 255 g/mol. The maximum absolute atomic E-state index is 10.9. The van der Waals surface area contributed by atoms with Crippen molar-refractivity contribution in [3.05, 3.63) is 21.4 Å². The number of unbranched alkanes of at least 4 members (excludes halogenated alkanes) is 2. The SMILES string of the molecule is CCCCCN(C)Cc1cc(C(=O)O)sc1C. The number of carbonyl (C=O) groups is 1. The molecule has 0 aliphatic rings. The van der Waals surface area contributed by atoms with Crippen LogP contribution in [0.3, 0.4) is 0 Å². The standard InChI is InChI=1S/C13H21NO2S/c1-4-5-6-7-14(3)9-11-8-12(13(15)16)17-10(11)2/h8H,4-7,9H2,1-3H3,(H,15,16). The van der Waals surface area contributed by atoms with Crippen LogP contribution in [0.2, 0.25) is 0 Å². The smallest absolute Gasteiger partial charge is 0.345 e. The summed E-state index contributed by atoms with van der Waals surface area (Å²) in [5.41, 5.74) is 1.14. The van der Waals surface area contributed by atoms with Crippen molar-refractivity contribution in [2.45, 2.75) is 39.7 Å². The third-order valence-electron chi connectivity index (χ3n) is 2.82. The van der Waals surface area contributed by atoms with Crippen molar-refractivity contribution >= 4 is 17.3 Å². The Hall–Kier alpha value is -0.870. The van der Waals surface area contributed by atoms with Crippen LogP contribution >= 0.6 is 11.3 Å². The molecule has 0 fully saturated rings. The summed E-state index contributed by atoms with van der Waals surface area (Å²) in [5.74, 6) is -0.821. The number of hydrogen-bond donors (Lipinski definition) is 1. The lowest BCUT2D eigenvalue weighted by atomic mass is 10.2.